The quantitative estimate of drug-likeness (QED) is 0.888. The monoisotopic (exact) mass is 256 g/mol. The number of hydrogen-bond donors (Lipinski definition) is 1. The van der Waals surface area contributed by atoms with Crippen LogP contribution in [0.25, 0.3) is 11.1 Å². The van der Waals surface area contributed by atoms with Gasteiger partial charge in [-0.3, -0.25) is 0 Å². The van der Waals surface area contributed by atoms with Crippen LogP contribution in [0.1, 0.15) is 32.4 Å². The van der Waals surface area contributed by atoms with Gasteiger partial charge in [0.2, 0.25) is 0 Å². The lowest BCUT2D eigenvalue weighted by molar-refractivity contribution is 0.199. The Morgan fingerprint density at radius 3 is 1.68 bits per heavy atom. The molecule has 2 nitrogen and oxygen atoms in total. The van der Waals surface area contributed by atoms with Crippen molar-refractivity contribution in [2.45, 2.75) is 33.0 Å². The van der Waals surface area contributed by atoms with Crippen molar-refractivity contribution >= 4 is 0 Å². The summed E-state index contributed by atoms with van der Waals surface area (Å²) in [6.45, 7) is 5.80. The first kappa shape index (κ1) is 13.6. The molecular formula is C17H20O2. The van der Waals surface area contributed by atoms with E-state index in [1.165, 1.54) is 0 Å². The molecule has 19 heavy (non-hydrogen) atoms. The molecule has 2 heteroatoms. The Hall–Kier alpha value is -1.80. The zero-order chi connectivity index (χ0) is 13.8. The molecule has 0 aliphatic carbocycles. The third kappa shape index (κ3) is 3.58. The molecule has 0 amide bonds. The molecule has 0 aliphatic rings. The summed E-state index contributed by atoms with van der Waals surface area (Å²) in [7, 11) is 0. The maximum atomic E-state index is 9.49. The van der Waals surface area contributed by atoms with Gasteiger partial charge in [-0.25, -0.2) is 0 Å². The van der Waals surface area contributed by atoms with Crippen LogP contribution in [0.4, 0.5) is 0 Å². The second kappa shape index (κ2) is 5.89. The summed E-state index contributed by atoms with van der Waals surface area (Å²) in [5.41, 5.74) is 3.22. The van der Waals surface area contributed by atoms with Crippen molar-refractivity contribution in [3.63, 3.8) is 0 Å². The topological polar surface area (TPSA) is 29.5 Å². The van der Waals surface area contributed by atoms with Crippen LogP contribution in [0, 0.1) is 0 Å². The lowest BCUT2D eigenvalue weighted by atomic mass is 10.0. The summed E-state index contributed by atoms with van der Waals surface area (Å²) in [6, 6.07) is 16.0. The normalized spacial score (nSPS) is 12.5. The Morgan fingerprint density at radius 2 is 1.26 bits per heavy atom. The van der Waals surface area contributed by atoms with Crippen LogP contribution in [0.15, 0.2) is 48.5 Å². The molecule has 2 aromatic carbocycles. The van der Waals surface area contributed by atoms with Crippen LogP contribution >= 0.6 is 0 Å². The Balaban J connectivity index is 2.17. The molecule has 0 radical (unpaired) electrons. The van der Waals surface area contributed by atoms with Crippen molar-refractivity contribution in [1.29, 1.82) is 0 Å². The highest BCUT2D eigenvalue weighted by Gasteiger charge is 2.03. The van der Waals surface area contributed by atoms with Crippen molar-refractivity contribution in [3.05, 3.63) is 54.1 Å². The van der Waals surface area contributed by atoms with Crippen LogP contribution in [-0.4, -0.2) is 11.2 Å². The predicted molar refractivity (Wildman–Crippen MR) is 78.3 cm³/mol. The van der Waals surface area contributed by atoms with Crippen LogP contribution in [-0.2, 0) is 0 Å². The van der Waals surface area contributed by atoms with Gasteiger partial charge in [0.1, 0.15) is 5.75 Å². The standard InChI is InChI=1S/C17H20O2/c1-12(2)19-17-10-8-16(9-11-17)15-6-4-14(5-7-15)13(3)18/h4-13,18H,1-3H3. The van der Waals surface area contributed by atoms with Crippen LogP contribution < -0.4 is 4.74 Å². The van der Waals surface area contributed by atoms with E-state index in [1.54, 1.807) is 6.92 Å². The lowest BCUT2D eigenvalue weighted by Crippen LogP contribution is -2.05. The van der Waals surface area contributed by atoms with Crippen LogP contribution in [0.2, 0.25) is 0 Å². The highest BCUT2D eigenvalue weighted by molar-refractivity contribution is 5.64. The molecule has 0 saturated carbocycles. The Kier molecular flexibility index (Phi) is 4.23. The van der Waals surface area contributed by atoms with Gasteiger partial charge in [0.05, 0.1) is 12.2 Å². The minimum Gasteiger partial charge on any atom is -0.491 e. The maximum Gasteiger partial charge on any atom is 0.119 e. The first-order valence-electron chi connectivity index (χ1n) is 6.61. The van der Waals surface area contributed by atoms with Gasteiger partial charge in [0, 0.05) is 0 Å². The zero-order valence-electron chi connectivity index (χ0n) is 11.6. The summed E-state index contributed by atoms with van der Waals surface area (Å²) in [4.78, 5) is 0. The SMILES string of the molecule is CC(C)Oc1ccc(-c2ccc(C(C)O)cc2)cc1. The van der Waals surface area contributed by atoms with E-state index in [0.29, 0.717) is 0 Å². The Morgan fingerprint density at radius 1 is 0.789 bits per heavy atom. The molecule has 1 atom stereocenters. The van der Waals surface area contributed by atoms with Gasteiger partial charge in [0.15, 0.2) is 0 Å². The van der Waals surface area contributed by atoms with Crippen LogP contribution in [0.5, 0.6) is 5.75 Å². The number of aliphatic hydroxyl groups excluding tert-OH is 1. The second-order valence-electron chi connectivity index (χ2n) is 4.99. The fourth-order valence-corrected chi connectivity index (χ4v) is 1.95. The van der Waals surface area contributed by atoms with E-state index in [2.05, 4.69) is 12.1 Å². The third-order valence-electron chi connectivity index (χ3n) is 2.95. The van der Waals surface area contributed by atoms with Crippen molar-refractivity contribution in [1.82, 2.24) is 0 Å². The highest BCUT2D eigenvalue weighted by Crippen LogP contribution is 2.24. The third-order valence-corrected chi connectivity index (χ3v) is 2.95. The number of rotatable bonds is 4. The van der Waals surface area contributed by atoms with Crippen molar-refractivity contribution in [2.24, 2.45) is 0 Å². The molecular weight excluding hydrogens is 236 g/mol. The van der Waals surface area contributed by atoms with Gasteiger partial charge in [0.25, 0.3) is 0 Å². The van der Waals surface area contributed by atoms with Gasteiger partial charge < -0.3 is 9.84 Å². The molecule has 0 fully saturated rings. The molecule has 100 valence electrons. The number of aliphatic hydroxyl groups is 1. The van der Waals surface area contributed by atoms with E-state index in [1.807, 2.05) is 50.2 Å². The molecule has 0 bridgehead atoms. The summed E-state index contributed by atoms with van der Waals surface area (Å²) < 4.78 is 5.62. The fourth-order valence-electron chi connectivity index (χ4n) is 1.95. The second-order valence-corrected chi connectivity index (χ2v) is 4.99. The molecule has 2 rings (SSSR count). The minimum absolute atomic E-state index is 0.191. The number of ether oxygens (including phenoxy) is 1. The minimum atomic E-state index is -0.420. The van der Waals surface area contributed by atoms with E-state index >= 15 is 0 Å². The lowest BCUT2D eigenvalue weighted by Gasteiger charge is -2.10. The molecule has 0 aromatic heterocycles. The number of hydrogen-bond acceptors (Lipinski definition) is 2. The van der Waals surface area contributed by atoms with Gasteiger partial charge >= 0.3 is 0 Å². The highest BCUT2D eigenvalue weighted by atomic mass is 16.5. The number of benzene rings is 2. The smallest absolute Gasteiger partial charge is 0.119 e. The van der Waals surface area contributed by atoms with Crippen molar-refractivity contribution < 1.29 is 9.84 Å². The summed E-state index contributed by atoms with van der Waals surface area (Å²) in [5.74, 6) is 0.888. The van der Waals surface area contributed by atoms with E-state index < -0.39 is 6.10 Å². The van der Waals surface area contributed by atoms with E-state index in [0.717, 1.165) is 22.4 Å². The zero-order valence-corrected chi connectivity index (χ0v) is 11.6. The average Bonchev–Trinajstić information content (AvgIpc) is 2.39. The molecule has 1 N–H and O–H groups in total. The Labute approximate surface area is 114 Å². The van der Waals surface area contributed by atoms with Gasteiger partial charge in [-0.05, 0) is 49.6 Å². The largest absolute Gasteiger partial charge is 0.491 e. The first-order valence-corrected chi connectivity index (χ1v) is 6.61. The fraction of sp³-hybridized carbons (Fsp3) is 0.294. The molecule has 2 aromatic rings. The first-order chi connectivity index (χ1) is 9.06. The molecule has 1 unspecified atom stereocenters. The van der Waals surface area contributed by atoms with Crippen molar-refractivity contribution in [3.8, 4) is 16.9 Å². The van der Waals surface area contributed by atoms with Crippen molar-refractivity contribution in [2.75, 3.05) is 0 Å². The van der Waals surface area contributed by atoms with Gasteiger partial charge in [-0.15, -0.1) is 0 Å². The molecule has 0 heterocycles. The van der Waals surface area contributed by atoms with Gasteiger partial charge in [-0.2, -0.15) is 0 Å². The Bertz CT molecular complexity index is 510. The summed E-state index contributed by atoms with van der Waals surface area (Å²) >= 11 is 0. The average molecular weight is 256 g/mol. The summed E-state index contributed by atoms with van der Waals surface area (Å²) in [6.07, 6.45) is -0.230. The van der Waals surface area contributed by atoms with E-state index in [9.17, 15) is 5.11 Å². The van der Waals surface area contributed by atoms with Gasteiger partial charge in [-0.1, -0.05) is 36.4 Å². The predicted octanol–water partition coefficient (Wildman–Crippen LogP) is 4.19. The summed E-state index contributed by atoms with van der Waals surface area (Å²) in [5, 5.41) is 9.49. The molecule has 0 aliphatic heterocycles. The van der Waals surface area contributed by atoms with E-state index in [4.69, 9.17) is 4.74 Å². The molecule has 0 saturated heterocycles. The maximum absolute atomic E-state index is 9.49. The van der Waals surface area contributed by atoms with Crippen LogP contribution in [0.3, 0.4) is 0 Å². The molecule has 0 spiro atoms. The van der Waals surface area contributed by atoms with E-state index in [-0.39, 0.29) is 6.10 Å².